The van der Waals surface area contributed by atoms with E-state index in [1.807, 2.05) is 0 Å². The Morgan fingerprint density at radius 3 is 3.06 bits per heavy atom. The van der Waals surface area contributed by atoms with Crippen molar-refractivity contribution < 1.29 is 14.3 Å². The minimum atomic E-state index is -0.0461. The Bertz CT molecular complexity index is 420. The molecule has 0 radical (unpaired) electrons. The molecule has 17 heavy (non-hydrogen) atoms. The fourth-order valence-electron chi connectivity index (χ4n) is 1.68. The van der Waals surface area contributed by atoms with E-state index >= 15 is 0 Å². The SMILES string of the molecule is O=Cc1cccc(OCCN2CCNC2=O)c1. The number of rotatable bonds is 5. The summed E-state index contributed by atoms with van der Waals surface area (Å²) in [6.45, 7) is 2.39. The lowest BCUT2D eigenvalue weighted by Gasteiger charge is -2.14. The lowest BCUT2D eigenvalue weighted by atomic mass is 10.2. The van der Waals surface area contributed by atoms with Crippen molar-refractivity contribution in [3.05, 3.63) is 29.8 Å². The van der Waals surface area contributed by atoms with Gasteiger partial charge in [-0.3, -0.25) is 4.79 Å². The third kappa shape index (κ3) is 2.96. The van der Waals surface area contributed by atoms with Crippen molar-refractivity contribution in [3.63, 3.8) is 0 Å². The first-order valence-corrected chi connectivity index (χ1v) is 5.50. The van der Waals surface area contributed by atoms with Crippen LogP contribution >= 0.6 is 0 Å². The summed E-state index contributed by atoms with van der Waals surface area (Å²) < 4.78 is 5.48. The number of carbonyl (C=O) groups is 2. The van der Waals surface area contributed by atoms with Gasteiger partial charge in [0, 0.05) is 18.7 Å². The summed E-state index contributed by atoms with van der Waals surface area (Å²) in [4.78, 5) is 23.5. The zero-order valence-corrected chi connectivity index (χ0v) is 9.39. The van der Waals surface area contributed by atoms with E-state index in [-0.39, 0.29) is 6.03 Å². The van der Waals surface area contributed by atoms with Gasteiger partial charge in [-0.15, -0.1) is 0 Å². The van der Waals surface area contributed by atoms with Crippen molar-refractivity contribution in [1.29, 1.82) is 0 Å². The van der Waals surface area contributed by atoms with Crippen LogP contribution in [0.4, 0.5) is 4.79 Å². The highest BCUT2D eigenvalue weighted by atomic mass is 16.5. The number of ether oxygens (including phenoxy) is 1. The predicted octanol–water partition coefficient (Wildman–Crippen LogP) is 0.903. The molecule has 5 nitrogen and oxygen atoms in total. The van der Waals surface area contributed by atoms with E-state index < -0.39 is 0 Å². The summed E-state index contributed by atoms with van der Waals surface area (Å²) in [5, 5.41) is 2.72. The van der Waals surface area contributed by atoms with Crippen LogP contribution in [-0.2, 0) is 0 Å². The van der Waals surface area contributed by atoms with Crippen LogP contribution in [0.15, 0.2) is 24.3 Å². The predicted molar refractivity (Wildman–Crippen MR) is 62.3 cm³/mol. The van der Waals surface area contributed by atoms with E-state index in [1.165, 1.54) is 0 Å². The molecule has 1 heterocycles. The second-order valence-electron chi connectivity index (χ2n) is 3.76. The Kier molecular flexibility index (Phi) is 3.59. The fraction of sp³-hybridized carbons (Fsp3) is 0.333. The van der Waals surface area contributed by atoms with Crippen molar-refractivity contribution in [2.24, 2.45) is 0 Å². The molecule has 0 saturated carbocycles. The van der Waals surface area contributed by atoms with Crippen LogP contribution in [0, 0.1) is 0 Å². The Labute approximate surface area is 99.4 Å². The maximum absolute atomic E-state index is 11.2. The Hall–Kier alpha value is -2.04. The van der Waals surface area contributed by atoms with Crippen molar-refractivity contribution in [2.45, 2.75) is 0 Å². The number of nitrogens with one attached hydrogen (secondary N) is 1. The summed E-state index contributed by atoms with van der Waals surface area (Å²) in [5.41, 5.74) is 0.585. The van der Waals surface area contributed by atoms with E-state index in [4.69, 9.17) is 4.74 Å². The Morgan fingerprint density at radius 2 is 2.35 bits per heavy atom. The highest BCUT2D eigenvalue weighted by molar-refractivity contribution is 5.76. The van der Waals surface area contributed by atoms with E-state index in [0.717, 1.165) is 12.8 Å². The molecule has 1 aliphatic heterocycles. The molecular formula is C12H14N2O3. The van der Waals surface area contributed by atoms with Gasteiger partial charge in [-0.2, -0.15) is 0 Å². The van der Waals surface area contributed by atoms with Crippen molar-refractivity contribution in [2.75, 3.05) is 26.2 Å². The molecule has 0 spiro atoms. The maximum Gasteiger partial charge on any atom is 0.317 e. The summed E-state index contributed by atoms with van der Waals surface area (Å²) in [7, 11) is 0. The first-order chi connectivity index (χ1) is 8.29. The number of nitrogens with zero attached hydrogens (tertiary/aromatic N) is 1. The van der Waals surface area contributed by atoms with E-state index in [1.54, 1.807) is 29.2 Å². The van der Waals surface area contributed by atoms with Crippen LogP contribution in [0.5, 0.6) is 5.75 Å². The molecule has 0 atom stereocenters. The second-order valence-corrected chi connectivity index (χ2v) is 3.76. The third-order valence-electron chi connectivity index (χ3n) is 2.57. The number of hydrogen-bond donors (Lipinski definition) is 1. The molecule has 1 fully saturated rings. The standard InChI is InChI=1S/C12H14N2O3/c15-9-10-2-1-3-11(8-10)17-7-6-14-5-4-13-12(14)16/h1-3,8-9H,4-7H2,(H,13,16). The van der Waals surface area contributed by atoms with Crippen LogP contribution < -0.4 is 10.1 Å². The van der Waals surface area contributed by atoms with Gasteiger partial charge < -0.3 is 15.0 Å². The molecule has 1 aromatic carbocycles. The van der Waals surface area contributed by atoms with Gasteiger partial charge in [0.15, 0.2) is 0 Å². The molecule has 2 amide bonds. The first kappa shape index (κ1) is 11.4. The van der Waals surface area contributed by atoms with E-state index in [0.29, 0.717) is 31.0 Å². The smallest absolute Gasteiger partial charge is 0.317 e. The Balaban J connectivity index is 1.81. The third-order valence-corrected chi connectivity index (χ3v) is 2.57. The minimum Gasteiger partial charge on any atom is -0.492 e. The topological polar surface area (TPSA) is 58.6 Å². The van der Waals surface area contributed by atoms with E-state index in [9.17, 15) is 9.59 Å². The lowest BCUT2D eigenvalue weighted by molar-refractivity contribution is 0.112. The summed E-state index contributed by atoms with van der Waals surface area (Å²) in [5.74, 6) is 0.647. The molecule has 0 aliphatic carbocycles. The summed E-state index contributed by atoms with van der Waals surface area (Å²) >= 11 is 0. The number of benzene rings is 1. The van der Waals surface area contributed by atoms with Gasteiger partial charge in [0.05, 0.1) is 6.54 Å². The summed E-state index contributed by atoms with van der Waals surface area (Å²) in [6, 6.07) is 6.90. The number of urea groups is 1. The molecule has 0 aromatic heterocycles. The molecule has 90 valence electrons. The van der Waals surface area contributed by atoms with Crippen molar-refractivity contribution in [1.82, 2.24) is 10.2 Å². The van der Waals surface area contributed by atoms with Crippen LogP contribution in [0.1, 0.15) is 10.4 Å². The number of hydrogen-bond acceptors (Lipinski definition) is 3. The van der Waals surface area contributed by atoms with Gasteiger partial charge in [-0.05, 0) is 12.1 Å². The van der Waals surface area contributed by atoms with Crippen LogP contribution in [-0.4, -0.2) is 43.5 Å². The van der Waals surface area contributed by atoms with Crippen molar-refractivity contribution >= 4 is 12.3 Å². The molecule has 1 aliphatic rings. The van der Waals surface area contributed by atoms with Crippen molar-refractivity contribution in [3.8, 4) is 5.75 Å². The average molecular weight is 234 g/mol. The van der Waals surface area contributed by atoms with Crippen LogP contribution in [0.2, 0.25) is 0 Å². The molecule has 0 unspecified atom stereocenters. The second kappa shape index (κ2) is 5.34. The highest BCUT2D eigenvalue weighted by Crippen LogP contribution is 2.11. The summed E-state index contributed by atoms with van der Waals surface area (Å²) in [6.07, 6.45) is 0.779. The van der Waals surface area contributed by atoms with Gasteiger partial charge >= 0.3 is 6.03 Å². The first-order valence-electron chi connectivity index (χ1n) is 5.50. The number of carbonyl (C=O) groups excluding carboxylic acids is 2. The quantitative estimate of drug-likeness (QED) is 0.770. The molecular weight excluding hydrogens is 220 g/mol. The Morgan fingerprint density at radius 1 is 1.47 bits per heavy atom. The van der Waals surface area contributed by atoms with Gasteiger partial charge in [-0.25, -0.2) is 4.79 Å². The van der Waals surface area contributed by atoms with Gasteiger partial charge in [-0.1, -0.05) is 12.1 Å². The minimum absolute atomic E-state index is 0.0461. The monoisotopic (exact) mass is 234 g/mol. The van der Waals surface area contributed by atoms with E-state index in [2.05, 4.69) is 5.32 Å². The van der Waals surface area contributed by atoms with Gasteiger partial charge in [0.1, 0.15) is 18.6 Å². The molecule has 0 bridgehead atoms. The fourth-order valence-corrected chi connectivity index (χ4v) is 1.68. The van der Waals surface area contributed by atoms with Crippen LogP contribution in [0.25, 0.3) is 0 Å². The molecule has 1 N–H and O–H groups in total. The normalized spacial score (nSPS) is 14.6. The molecule has 5 heteroatoms. The van der Waals surface area contributed by atoms with Gasteiger partial charge in [0.25, 0.3) is 0 Å². The molecule has 1 aromatic rings. The van der Waals surface area contributed by atoms with Gasteiger partial charge in [0.2, 0.25) is 0 Å². The zero-order chi connectivity index (χ0) is 12.1. The maximum atomic E-state index is 11.2. The zero-order valence-electron chi connectivity index (χ0n) is 9.39. The average Bonchev–Trinajstić information content (AvgIpc) is 2.76. The molecule has 1 saturated heterocycles. The lowest BCUT2D eigenvalue weighted by Crippen LogP contribution is -2.31. The van der Waals surface area contributed by atoms with Crippen LogP contribution in [0.3, 0.4) is 0 Å². The largest absolute Gasteiger partial charge is 0.492 e. The molecule has 2 rings (SSSR count). The highest BCUT2D eigenvalue weighted by Gasteiger charge is 2.18. The number of amides is 2. The number of aldehydes is 1.